The Hall–Kier alpha value is -1.80. The highest BCUT2D eigenvalue weighted by Gasteiger charge is 1.99. The van der Waals surface area contributed by atoms with Gasteiger partial charge in [-0.05, 0) is 30.2 Å². The molecule has 2 rings (SSSR count). The Kier molecular flexibility index (Phi) is 3.78. The summed E-state index contributed by atoms with van der Waals surface area (Å²) in [6.07, 6.45) is -0.441. The van der Waals surface area contributed by atoms with Gasteiger partial charge in [0.1, 0.15) is 12.4 Å². The second kappa shape index (κ2) is 5.51. The lowest BCUT2D eigenvalue weighted by molar-refractivity contribution is 0.123. The van der Waals surface area contributed by atoms with Crippen LogP contribution >= 0.6 is 0 Å². The van der Waals surface area contributed by atoms with Crippen LogP contribution in [-0.2, 0) is 0 Å². The van der Waals surface area contributed by atoms with E-state index in [1.54, 1.807) is 6.92 Å². The minimum Gasteiger partial charge on any atom is -0.491 e. The third-order valence-electron chi connectivity index (χ3n) is 2.45. The lowest BCUT2D eigenvalue weighted by Crippen LogP contribution is -2.12. The quantitative estimate of drug-likeness (QED) is 0.871. The lowest BCUT2D eigenvalue weighted by atomic mass is 10.1. The zero-order chi connectivity index (χ0) is 12.1. The molecule has 2 aromatic rings. The molecule has 2 aromatic carbocycles. The van der Waals surface area contributed by atoms with Crippen molar-refractivity contribution >= 4 is 0 Å². The first-order chi connectivity index (χ1) is 8.25. The first kappa shape index (κ1) is 11.7. The normalized spacial score (nSPS) is 12.1. The van der Waals surface area contributed by atoms with Crippen LogP contribution in [0.3, 0.4) is 0 Å². The molecule has 0 saturated heterocycles. The summed E-state index contributed by atoms with van der Waals surface area (Å²) in [4.78, 5) is 0. The van der Waals surface area contributed by atoms with Crippen molar-refractivity contribution in [2.75, 3.05) is 6.61 Å². The molecule has 0 aliphatic carbocycles. The number of hydrogen-bond donors (Lipinski definition) is 1. The molecule has 0 radical (unpaired) electrons. The maximum atomic E-state index is 9.12. The lowest BCUT2D eigenvalue weighted by Gasteiger charge is -2.08. The first-order valence-electron chi connectivity index (χ1n) is 5.72. The number of rotatable bonds is 4. The molecule has 0 aliphatic rings. The average Bonchev–Trinajstić information content (AvgIpc) is 2.38. The zero-order valence-electron chi connectivity index (χ0n) is 9.84. The minimum absolute atomic E-state index is 0.324. The van der Waals surface area contributed by atoms with E-state index < -0.39 is 6.10 Å². The highest BCUT2D eigenvalue weighted by molar-refractivity contribution is 5.63. The summed E-state index contributed by atoms with van der Waals surface area (Å²) in [6.45, 7) is 2.03. The summed E-state index contributed by atoms with van der Waals surface area (Å²) in [5, 5.41) is 9.12. The van der Waals surface area contributed by atoms with Crippen molar-refractivity contribution in [1.29, 1.82) is 0 Å². The topological polar surface area (TPSA) is 29.5 Å². The Morgan fingerprint density at radius 1 is 0.941 bits per heavy atom. The van der Waals surface area contributed by atoms with Gasteiger partial charge in [-0.2, -0.15) is 0 Å². The fraction of sp³-hybridized carbons (Fsp3) is 0.200. The number of hydrogen-bond acceptors (Lipinski definition) is 2. The SMILES string of the molecule is C[C@H](O)COc1ccc(-c2ccccc2)cc1. The van der Waals surface area contributed by atoms with Gasteiger partial charge in [-0.1, -0.05) is 42.5 Å². The van der Waals surface area contributed by atoms with Crippen molar-refractivity contribution in [2.24, 2.45) is 0 Å². The molecule has 88 valence electrons. The molecular weight excluding hydrogens is 212 g/mol. The molecule has 2 nitrogen and oxygen atoms in total. The van der Waals surface area contributed by atoms with Gasteiger partial charge in [0.05, 0.1) is 6.10 Å². The average molecular weight is 228 g/mol. The van der Waals surface area contributed by atoms with Crippen molar-refractivity contribution in [1.82, 2.24) is 0 Å². The van der Waals surface area contributed by atoms with E-state index >= 15 is 0 Å². The highest BCUT2D eigenvalue weighted by Crippen LogP contribution is 2.21. The van der Waals surface area contributed by atoms with E-state index in [4.69, 9.17) is 9.84 Å². The van der Waals surface area contributed by atoms with Gasteiger partial charge in [-0.3, -0.25) is 0 Å². The molecule has 1 N–H and O–H groups in total. The van der Waals surface area contributed by atoms with E-state index in [1.807, 2.05) is 42.5 Å². The van der Waals surface area contributed by atoms with Crippen molar-refractivity contribution in [3.8, 4) is 16.9 Å². The second-order valence-corrected chi connectivity index (χ2v) is 4.05. The van der Waals surface area contributed by atoms with Crippen LogP contribution in [0.5, 0.6) is 5.75 Å². The molecular formula is C15H16O2. The second-order valence-electron chi connectivity index (χ2n) is 4.05. The number of aliphatic hydroxyl groups is 1. The smallest absolute Gasteiger partial charge is 0.119 e. The van der Waals surface area contributed by atoms with E-state index in [1.165, 1.54) is 5.56 Å². The predicted molar refractivity (Wildman–Crippen MR) is 69.1 cm³/mol. The molecule has 1 atom stereocenters. The number of ether oxygens (including phenoxy) is 1. The van der Waals surface area contributed by atoms with Crippen LogP contribution in [0.1, 0.15) is 6.92 Å². The Balaban J connectivity index is 2.08. The maximum absolute atomic E-state index is 9.12. The Labute approximate surface area is 101 Å². The van der Waals surface area contributed by atoms with Crippen LogP contribution in [0.4, 0.5) is 0 Å². The fourth-order valence-corrected chi connectivity index (χ4v) is 1.59. The Morgan fingerprint density at radius 3 is 2.12 bits per heavy atom. The van der Waals surface area contributed by atoms with Gasteiger partial charge in [0.15, 0.2) is 0 Å². The summed E-state index contributed by atoms with van der Waals surface area (Å²) >= 11 is 0. The van der Waals surface area contributed by atoms with Gasteiger partial charge in [0.2, 0.25) is 0 Å². The third-order valence-corrected chi connectivity index (χ3v) is 2.45. The molecule has 0 fully saturated rings. The van der Waals surface area contributed by atoms with Crippen LogP contribution in [0.25, 0.3) is 11.1 Å². The van der Waals surface area contributed by atoms with Gasteiger partial charge < -0.3 is 9.84 Å². The molecule has 2 heteroatoms. The molecule has 0 saturated carbocycles. The molecule has 0 aromatic heterocycles. The largest absolute Gasteiger partial charge is 0.491 e. The van der Waals surface area contributed by atoms with Crippen LogP contribution in [0, 0.1) is 0 Å². The number of aliphatic hydroxyl groups excluding tert-OH is 1. The van der Waals surface area contributed by atoms with Gasteiger partial charge in [0.25, 0.3) is 0 Å². The summed E-state index contributed by atoms with van der Waals surface area (Å²) in [6, 6.07) is 18.1. The summed E-state index contributed by atoms with van der Waals surface area (Å²) < 4.78 is 5.41. The first-order valence-corrected chi connectivity index (χ1v) is 5.72. The summed E-state index contributed by atoms with van der Waals surface area (Å²) in [5.41, 5.74) is 2.35. The highest BCUT2D eigenvalue weighted by atomic mass is 16.5. The minimum atomic E-state index is -0.441. The maximum Gasteiger partial charge on any atom is 0.119 e. The monoisotopic (exact) mass is 228 g/mol. The van der Waals surface area contributed by atoms with E-state index in [9.17, 15) is 0 Å². The summed E-state index contributed by atoms with van der Waals surface area (Å²) in [7, 11) is 0. The standard InChI is InChI=1S/C15H16O2/c1-12(16)11-17-15-9-7-14(8-10-15)13-5-3-2-4-6-13/h2-10,12,16H,11H2,1H3/t12-/m0/s1. The molecule has 17 heavy (non-hydrogen) atoms. The van der Waals surface area contributed by atoms with Crippen LogP contribution in [0.15, 0.2) is 54.6 Å². The third kappa shape index (κ3) is 3.33. The molecule has 0 bridgehead atoms. The van der Waals surface area contributed by atoms with Gasteiger partial charge in [-0.15, -0.1) is 0 Å². The van der Waals surface area contributed by atoms with Crippen LogP contribution in [0.2, 0.25) is 0 Å². The van der Waals surface area contributed by atoms with Gasteiger partial charge >= 0.3 is 0 Å². The molecule has 0 heterocycles. The van der Waals surface area contributed by atoms with Crippen molar-refractivity contribution in [3.05, 3.63) is 54.6 Å². The fourth-order valence-electron chi connectivity index (χ4n) is 1.59. The van der Waals surface area contributed by atoms with Crippen LogP contribution < -0.4 is 4.74 Å². The van der Waals surface area contributed by atoms with E-state index in [2.05, 4.69) is 12.1 Å². The van der Waals surface area contributed by atoms with Crippen molar-refractivity contribution in [3.63, 3.8) is 0 Å². The molecule has 0 spiro atoms. The summed E-state index contributed by atoms with van der Waals surface area (Å²) in [5.74, 6) is 0.783. The Morgan fingerprint density at radius 2 is 1.53 bits per heavy atom. The van der Waals surface area contributed by atoms with Gasteiger partial charge in [-0.25, -0.2) is 0 Å². The van der Waals surface area contributed by atoms with E-state index in [0.29, 0.717) is 6.61 Å². The molecule has 0 aliphatic heterocycles. The van der Waals surface area contributed by atoms with Crippen molar-refractivity contribution in [2.45, 2.75) is 13.0 Å². The number of benzene rings is 2. The van der Waals surface area contributed by atoms with E-state index in [-0.39, 0.29) is 0 Å². The van der Waals surface area contributed by atoms with Gasteiger partial charge in [0, 0.05) is 0 Å². The van der Waals surface area contributed by atoms with E-state index in [0.717, 1.165) is 11.3 Å². The van der Waals surface area contributed by atoms with Crippen molar-refractivity contribution < 1.29 is 9.84 Å². The predicted octanol–water partition coefficient (Wildman–Crippen LogP) is 3.11. The molecule has 0 unspecified atom stereocenters. The van der Waals surface area contributed by atoms with Crippen LogP contribution in [-0.4, -0.2) is 17.8 Å². The Bertz CT molecular complexity index is 446. The molecule has 0 amide bonds. The zero-order valence-corrected chi connectivity index (χ0v) is 9.84.